The fourth-order valence-corrected chi connectivity index (χ4v) is 6.60. The number of carbonyl (C=O) groups excluding carboxylic acids is 1. The summed E-state index contributed by atoms with van der Waals surface area (Å²) in [5, 5.41) is 7.92. The number of benzene rings is 3. The third-order valence-electron chi connectivity index (χ3n) is 5.67. The molecule has 0 atom stereocenters. The molecule has 0 aliphatic carbocycles. The van der Waals surface area contributed by atoms with Crippen molar-refractivity contribution in [2.45, 2.75) is 29.1 Å². The Bertz CT molecular complexity index is 1620. The number of rotatable bonds is 7. The molecule has 1 aliphatic heterocycles. The van der Waals surface area contributed by atoms with Gasteiger partial charge in [-0.1, -0.05) is 29.6 Å². The number of sulfonamides is 2. The minimum atomic E-state index is -4.04. The topological polar surface area (TPSA) is 139 Å². The first-order valence-electron chi connectivity index (χ1n) is 11.4. The quantitative estimate of drug-likeness (QED) is 0.287. The van der Waals surface area contributed by atoms with Gasteiger partial charge in [0.05, 0.1) is 21.0 Å². The second-order valence-corrected chi connectivity index (χ2v) is 12.8. The average Bonchev–Trinajstić information content (AvgIpc) is 2.90. The number of piperidine rings is 1. The van der Waals surface area contributed by atoms with E-state index in [2.05, 4.69) is 19.9 Å². The van der Waals surface area contributed by atoms with Crippen molar-refractivity contribution in [2.24, 2.45) is 10.2 Å². The highest BCUT2D eigenvalue weighted by Crippen LogP contribution is 2.26. The summed E-state index contributed by atoms with van der Waals surface area (Å²) in [7, 11) is -7.63. The summed E-state index contributed by atoms with van der Waals surface area (Å²) in [6.07, 6.45) is 2.68. The summed E-state index contributed by atoms with van der Waals surface area (Å²) in [6.45, 7) is 0.984. The summed E-state index contributed by atoms with van der Waals surface area (Å²) < 4.78 is 54.8. The van der Waals surface area contributed by atoms with E-state index in [4.69, 9.17) is 23.2 Å². The summed E-state index contributed by atoms with van der Waals surface area (Å²) >= 11 is 11.8. The van der Waals surface area contributed by atoms with Crippen LogP contribution in [0.4, 0.5) is 11.4 Å². The van der Waals surface area contributed by atoms with Crippen LogP contribution in [0.3, 0.4) is 0 Å². The molecule has 1 saturated heterocycles. The second-order valence-electron chi connectivity index (χ2n) is 8.30. The van der Waals surface area contributed by atoms with Crippen molar-refractivity contribution in [1.82, 2.24) is 9.22 Å². The monoisotopic (exact) mass is 594 g/mol. The van der Waals surface area contributed by atoms with Crippen LogP contribution in [0, 0.1) is 0 Å². The molecule has 0 aromatic heterocycles. The zero-order chi connectivity index (χ0) is 27.3. The second kappa shape index (κ2) is 11.7. The van der Waals surface area contributed by atoms with Gasteiger partial charge in [0, 0.05) is 23.1 Å². The smallest absolute Gasteiger partial charge is 0.279 e. The molecule has 0 spiro atoms. The number of nitrogens with zero attached hydrogens (tertiary/aromatic N) is 4. The van der Waals surface area contributed by atoms with Crippen molar-refractivity contribution >= 4 is 60.5 Å². The summed E-state index contributed by atoms with van der Waals surface area (Å²) in [5.41, 5.74) is 0.0754. The highest BCUT2D eigenvalue weighted by molar-refractivity contribution is 7.92. The van der Waals surface area contributed by atoms with E-state index in [1.807, 2.05) is 0 Å². The fourth-order valence-electron chi connectivity index (χ4n) is 3.71. The Balaban J connectivity index is 1.52. The van der Waals surface area contributed by atoms with Gasteiger partial charge in [-0.2, -0.15) is 4.31 Å². The van der Waals surface area contributed by atoms with E-state index in [1.165, 1.54) is 71.0 Å². The van der Waals surface area contributed by atoms with Crippen LogP contribution >= 0.6 is 23.2 Å². The Labute approximate surface area is 230 Å². The van der Waals surface area contributed by atoms with E-state index < -0.39 is 26.0 Å². The first-order chi connectivity index (χ1) is 18.1. The Hall–Kier alpha value is -3.12. The molecule has 1 N–H and O–H groups in total. The third-order valence-corrected chi connectivity index (χ3v) is 9.45. The van der Waals surface area contributed by atoms with Crippen LogP contribution in [-0.2, 0) is 20.0 Å². The Kier molecular flexibility index (Phi) is 8.61. The minimum Gasteiger partial charge on any atom is -0.279 e. The molecule has 0 saturated carbocycles. The number of nitrogens with one attached hydrogen (secondary N) is 1. The SMILES string of the molecule is O=C(N=[N+]=Nc1ccc(S(=O)(=O)N2CCCCC2)cc1)c1cc(Cl)ccc1NS(=O)(=O)c1ccc(Cl)cc1. The van der Waals surface area contributed by atoms with Gasteiger partial charge in [0.2, 0.25) is 20.0 Å². The lowest BCUT2D eigenvalue weighted by atomic mass is 10.2. The number of carbonyl (C=O) groups is 1. The van der Waals surface area contributed by atoms with E-state index in [-0.39, 0.29) is 31.8 Å². The highest BCUT2D eigenvalue weighted by Gasteiger charge is 2.26. The first-order valence-corrected chi connectivity index (χ1v) is 15.1. The van der Waals surface area contributed by atoms with Crippen LogP contribution in [0.25, 0.3) is 0 Å². The molecule has 14 heteroatoms. The molecule has 10 nitrogen and oxygen atoms in total. The van der Waals surface area contributed by atoms with Crippen molar-refractivity contribution in [3.63, 3.8) is 0 Å². The van der Waals surface area contributed by atoms with Gasteiger partial charge in [-0.05, 0) is 79.6 Å². The molecule has 38 heavy (non-hydrogen) atoms. The van der Waals surface area contributed by atoms with Gasteiger partial charge in [-0.25, -0.2) is 16.8 Å². The van der Waals surface area contributed by atoms with E-state index >= 15 is 0 Å². The molecule has 1 amide bonds. The van der Waals surface area contributed by atoms with Crippen molar-refractivity contribution in [3.8, 4) is 0 Å². The molecular formula is C24H22Cl2N5O5S2+. The number of amides is 1. The zero-order valence-electron chi connectivity index (χ0n) is 19.8. The van der Waals surface area contributed by atoms with E-state index in [9.17, 15) is 21.6 Å². The van der Waals surface area contributed by atoms with Gasteiger partial charge in [-0.15, -0.1) is 0 Å². The van der Waals surface area contributed by atoms with Gasteiger partial charge in [0.15, 0.2) is 10.8 Å². The zero-order valence-corrected chi connectivity index (χ0v) is 22.9. The van der Waals surface area contributed by atoms with Crippen LogP contribution in [0.1, 0.15) is 29.6 Å². The largest absolute Gasteiger partial charge is 0.362 e. The van der Waals surface area contributed by atoms with Crippen molar-refractivity contribution in [2.75, 3.05) is 17.8 Å². The molecule has 0 radical (unpaired) electrons. The molecule has 1 aliphatic rings. The Morgan fingerprint density at radius 1 is 0.816 bits per heavy atom. The van der Waals surface area contributed by atoms with Gasteiger partial charge in [0.1, 0.15) is 0 Å². The van der Waals surface area contributed by atoms with Gasteiger partial charge >= 0.3 is 5.91 Å². The summed E-state index contributed by atoms with van der Waals surface area (Å²) in [5.74, 6) is -0.894. The molecular weight excluding hydrogens is 573 g/mol. The molecule has 3 aromatic rings. The number of hydrogen-bond donors (Lipinski definition) is 1. The summed E-state index contributed by atoms with van der Waals surface area (Å²) in [6, 6.07) is 15.2. The van der Waals surface area contributed by atoms with E-state index in [0.29, 0.717) is 18.1 Å². The average molecular weight is 596 g/mol. The molecule has 0 bridgehead atoms. The first kappa shape index (κ1) is 27.9. The normalized spacial score (nSPS) is 14.4. The molecule has 3 aromatic carbocycles. The van der Waals surface area contributed by atoms with Crippen LogP contribution in [0.2, 0.25) is 10.0 Å². The third kappa shape index (κ3) is 6.65. The van der Waals surface area contributed by atoms with Crippen LogP contribution in [-0.4, -0.2) is 40.1 Å². The molecule has 1 fully saturated rings. The lowest BCUT2D eigenvalue weighted by Crippen LogP contribution is -2.35. The van der Waals surface area contributed by atoms with Gasteiger partial charge in [0.25, 0.3) is 10.0 Å². The van der Waals surface area contributed by atoms with E-state index in [1.54, 1.807) is 0 Å². The van der Waals surface area contributed by atoms with Crippen molar-refractivity contribution in [3.05, 3.63) is 82.3 Å². The number of halogens is 2. The predicted molar refractivity (Wildman–Crippen MR) is 144 cm³/mol. The van der Waals surface area contributed by atoms with Gasteiger partial charge in [-0.3, -0.25) is 9.52 Å². The van der Waals surface area contributed by atoms with Crippen molar-refractivity contribution < 1.29 is 21.6 Å². The Morgan fingerprint density at radius 2 is 1.42 bits per heavy atom. The molecule has 198 valence electrons. The number of hydrogen-bond acceptors (Lipinski definition) is 6. The minimum absolute atomic E-state index is 0.0550. The molecule has 0 unspecified atom stereocenters. The summed E-state index contributed by atoms with van der Waals surface area (Å²) in [4.78, 5) is 16.3. The lowest BCUT2D eigenvalue weighted by molar-refractivity contribution is 0.0993. The highest BCUT2D eigenvalue weighted by atomic mass is 35.5. The lowest BCUT2D eigenvalue weighted by Gasteiger charge is -2.25. The maximum Gasteiger partial charge on any atom is 0.362 e. The van der Waals surface area contributed by atoms with Crippen LogP contribution in [0.15, 0.2) is 86.7 Å². The predicted octanol–water partition coefficient (Wildman–Crippen LogP) is 5.41. The maximum atomic E-state index is 12.8. The fraction of sp³-hybridized carbons (Fsp3) is 0.208. The standard InChI is InChI=1S/C24H21Cl2N5O5S2/c25-17-4-9-20(10-5-17)37(33,34)29-23-13-6-18(26)16-22(23)24(32)28-30-27-19-7-11-21(12-8-19)38(35,36)31-14-2-1-3-15-31/h4-13,16H,1-3,14-15H2/p+1. The van der Waals surface area contributed by atoms with Crippen LogP contribution < -0.4 is 9.63 Å². The van der Waals surface area contributed by atoms with Crippen molar-refractivity contribution in [1.29, 1.82) is 0 Å². The molecule has 4 rings (SSSR count). The molecule has 1 heterocycles. The van der Waals surface area contributed by atoms with E-state index in [0.717, 1.165) is 19.3 Å². The number of anilines is 1. The maximum absolute atomic E-state index is 12.8. The Morgan fingerprint density at radius 3 is 2.08 bits per heavy atom. The van der Waals surface area contributed by atoms with Gasteiger partial charge < -0.3 is 0 Å². The van der Waals surface area contributed by atoms with Crippen LogP contribution in [0.5, 0.6) is 0 Å².